The van der Waals surface area contributed by atoms with Gasteiger partial charge < -0.3 is 15.0 Å². The maximum absolute atomic E-state index is 11.3. The maximum atomic E-state index is 11.3. The van der Waals surface area contributed by atoms with Crippen LogP contribution in [0.4, 0.5) is 0 Å². The van der Waals surface area contributed by atoms with Gasteiger partial charge in [0.05, 0.1) is 18.6 Å². The maximum Gasteiger partial charge on any atom is 0.197 e. The van der Waals surface area contributed by atoms with Gasteiger partial charge in [0.2, 0.25) is 0 Å². The van der Waals surface area contributed by atoms with Crippen molar-refractivity contribution in [3.63, 3.8) is 0 Å². The average molecular weight is 482 g/mol. The molecule has 1 aliphatic carbocycles. The molecule has 0 radical (unpaired) electrons. The summed E-state index contributed by atoms with van der Waals surface area (Å²) in [5, 5.41) is 8.94. The normalized spacial score (nSPS) is 18.6. The summed E-state index contributed by atoms with van der Waals surface area (Å²) in [6.45, 7) is 4.96. The van der Waals surface area contributed by atoms with Crippen LogP contribution in [0.2, 0.25) is 0 Å². The van der Waals surface area contributed by atoms with E-state index in [1.807, 2.05) is 12.3 Å². The first-order valence-electron chi connectivity index (χ1n) is 11.7. The highest BCUT2D eigenvalue weighted by atomic mass is 32.2. The third-order valence-corrected chi connectivity index (χ3v) is 7.75. The van der Waals surface area contributed by atoms with Crippen LogP contribution in [0.25, 0.3) is 27.8 Å². The fourth-order valence-electron chi connectivity index (χ4n) is 5.00. The number of ether oxygens (including phenoxy) is 1. The monoisotopic (exact) mass is 481 g/mol. The van der Waals surface area contributed by atoms with Gasteiger partial charge in [-0.2, -0.15) is 5.10 Å². The largest absolute Gasteiger partial charge is 0.493 e. The van der Waals surface area contributed by atoms with E-state index >= 15 is 0 Å². The quantitative estimate of drug-likeness (QED) is 0.396. The van der Waals surface area contributed by atoms with E-state index in [2.05, 4.69) is 52.4 Å². The van der Waals surface area contributed by atoms with Crippen molar-refractivity contribution >= 4 is 26.4 Å². The highest BCUT2D eigenvalue weighted by Gasteiger charge is 2.30. The third kappa shape index (κ3) is 4.30. The molecule has 0 unspecified atom stereocenters. The minimum absolute atomic E-state index is 0.190. The molecular formula is C25H31N5O3S. The summed E-state index contributed by atoms with van der Waals surface area (Å²) in [6.07, 6.45) is 6.86. The Kier molecular flexibility index (Phi) is 5.85. The summed E-state index contributed by atoms with van der Waals surface area (Å²) in [4.78, 5) is 7.93. The van der Waals surface area contributed by atoms with E-state index in [4.69, 9.17) is 4.74 Å². The van der Waals surface area contributed by atoms with Gasteiger partial charge in [-0.3, -0.25) is 0 Å². The van der Waals surface area contributed by atoms with Crippen molar-refractivity contribution in [2.75, 3.05) is 25.7 Å². The molecule has 180 valence electrons. The highest BCUT2D eigenvalue weighted by Crippen LogP contribution is 2.41. The van der Waals surface area contributed by atoms with E-state index in [1.54, 1.807) is 11.6 Å². The first-order valence-corrected chi connectivity index (χ1v) is 13.7. The molecule has 0 spiro atoms. The number of sulfone groups is 1. The summed E-state index contributed by atoms with van der Waals surface area (Å²) in [5.74, 6) is 1.69. The first-order chi connectivity index (χ1) is 16.2. The summed E-state index contributed by atoms with van der Waals surface area (Å²) in [6, 6.07) is 9.12. The van der Waals surface area contributed by atoms with E-state index in [0.717, 1.165) is 29.6 Å². The number of nitrogens with one attached hydrogen (secondary N) is 2. The van der Waals surface area contributed by atoms with Crippen LogP contribution in [-0.2, 0) is 9.84 Å². The zero-order valence-corrected chi connectivity index (χ0v) is 20.8. The van der Waals surface area contributed by atoms with Crippen LogP contribution in [0, 0.1) is 0 Å². The Morgan fingerprint density at radius 1 is 1.26 bits per heavy atom. The summed E-state index contributed by atoms with van der Waals surface area (Å²) < 4.78 is 30.0. The predicted molar refractivity (Wildman–Crippen MR) is 134 cm³/mol. The van der Waals surface area contributed by atoms with Crippen molar-refractivity contribution in [2.24, 2.45) is 0 Å². The predicted octanol–water partition coefficient (Wildman–Crippen LogP) is 3.89. The smallest absolute Gasteiger partial charge is 0.197 e. The minimum Gasteiger partial charge on any atom is -0.493 e. The molecule has 2 N–H and O–H groups in total. The zero-order chi connectivity index (χ0) is 24.0. The molecule has 3 aromatic heterocycles. The molecule has 0 atom stereocenters. The van der Waals surface area contributed by atoms with Gasteiger partial charge in [0, 0.05) is 41.5 Å². The third-order valence-electron chi connectivity index (χ3n) is 6.81. The second kappa shape index (κ2) is 8.70. The minimum atomic E-state index is -2.92. The molecule has 0 saturated heterocycles. The van der Waals surface area contributed by atoms with Gasteiger partial charge in [0.1, 0.15) is 16.2 Å². The number of aromatic nitrogens is 4. The van der Waals surface area contributed by atoms with Crippen molar-refractivity contribution in [3.8, 4) is 17.0 Å². The fraction of sp³-hybridized carbons (Fsp3) is 0.440. The SMILES string of the molecule is COc1cc(-c2[nH]c3ccc(C4CC(NCCS(C)(=O)=O)C4)cc3c2C(C)C)cn2ncnc12. The van der Waals surface area contributed by atoms with Crippen LogP contribution in [0.1, 0.15) is 49.7 Å². The Morgan fingerprint density at radius 2 is 2.06 bits per heavy atom. The number of hydrogen-bond acceptors (Lipinski definition) is 6. The molecule has 5 rings (SSSR count). The molecule has 34 heavy (non-hydrogen) atoms. The van der Waals surface area contributed by atoms with Crippen molar-refractivity contribution in [1.82, 2.24) is 24.9 Å². The number of hydrogen-bond donors (Lipinski definition) is 2. The number of benzene rings is 1. The number of H-pyrrole nitrogens is 1. The molecule has 0 amide bonds. The van der Waals surface area contributed by atoms with Gasteiger partial charge in [0.25, 0.3) is 0 Å². The summed E-state index contributed by atoms with van der Waals surface area (Å²) in [7, 11) is -1.27. The van der Waals surface area contributed by atoms with E-state index in [-0.39, 0.29) is 5.75 Å². The summed E-state index contributed by atoms with van der Waals surface area (Å²) >= 11 is 0. The average Bonchev–Trinajstić information content (AvgIpc) is 3.37. The fourth-order valence-corrected chi connectivity index (χ4v) is 5.49. The molecule has 0 aliphatic heterocycles. The van der Waals surface area contributed by atoms with Crippen molar-refractivity contribution in [2.45, 2.75) is 44.6 Å². The first kappa shape index (κ1) is 22.9. The number of pyridine rings is 1. The lowest BCUT2D eigenvalue weighted by Crippen LogP contribution is -2.41. The Hall–Kier alpha value is -2.91. The van der Waals surface area contributed by atoms with Crippen LogP contribution in [0.5, 0.6) is 5.75 Å². The van der Waals surface area contributed by atoms with Crippen molar-refractivity contribution < 1.29 is 13.2 Å². The Morgan fingerprint density at radius 3 is 2.76 bits per heavy atom. The van der Waals surface area contributed by atoms with E-state index < -0.39 is 9.84 Å². The van der Waals surface area contributed by atoms with Crippen LogP contribution >= 0.6 is 0 Å². The molecule has 4 aromatic rings. The van der Waals surface area contributed by atoms with Gasteiger partial charge >= 0.3 is 0 Å². The van der Waals surface area contributed by atoms with Gasteiger partial charge in [0.15, 0.2) is 11.4 Å². The molecule has 1 fully saturated rings. The molecule has 9 heteroatoms. The lowest BCUT2D eigenvalue weighted by molar-refractivity contribution is 0.296. The van der Waals surface area contributed by atoms with Gasteiger partial charge in [-0.05, 0) is 54.0 Å². The molecule has 0 bridgehead atoms. The Balaban J connectivity index is 1.44. The van der Waals surface area contributed by atoms with Crippen LogP contribution in [0.15, 0.2) is 36.8 Å². The molecule has 1 aromatic carbocycles. The van der Waals surface area contributed by atoms with Crippen LogP contribution < -0.4 is 10.1 Å². The molecule has 3 heterocycles. The summed E-state index contributed by atoms with van der Waals surface area (Å²) in [5.41, 5.74) is 6.51. The van der Waals surface area contributed by atoms with Gasteiger partial charge in [-0.1, -0.05) is 19.9 Å². The van der Waals surface area contributed by atoms with Crippen LogP contribution in [-0.4, -0.2) is 59.7 Å². The Bertz CT molecular complexity index is 1450. The van der Waals surface area contributed by atoms with Gasteiger partial charge in [-0.25, -0.2) is 17.9 Å². The lowest BCUT2D eigenvalue weighted by atomic mass is 9.75. The van der Waals surface area contributed by atoms with E-state index in [0.29, 0.717) is 35.8 Å². The number of methoxy groups -OCH3 is 1. The number of aromatic amines is 1. The van der Waals surface area contributed by atoms with Crippen molar-refractivity contribution in [3.05, 3.63) is 47.9 Å². The lowest BCUT2D eigenvalue weighted by Gasteiger charge is -2.36. The topological polar surface area (TPSA) is 101 Å². The standard InChI is InChI=1S/C25H31N5O3S/c1-15(2)23-20-11-16(17-9-19(10-17)26-7-8-34(4,31)32)5-6-21(20)29-24(23)18-12-22(33-3)25-27-14-28-30(25)13-18/h5-6,11-15,17,19,26,29H,7-10H2,1-4H3. The molecular weight excluding hydrogens is 450 g/mol. The molecule has 1 saturated carbocycles. The molecule has 1 aliphatic rings. The second-order valence-corrected chi connectivity index (χ2v) is 11.9. The van der Waals surface area contributed by atoms with Gasteiger partial charge in [-0.15, -0.1) is 0 Å². The second-order valence-electron chi connectivity index (χ2n) is 9.65. The zero-order valence-electron chi connectivity index (χ0n) is 20.0. The Labute approximate surface area is 199 Å². The van der Waals surface area contributed by atoms with Crippen LogP contribution in [0.3, 0.4) is 0 Å². The van der Waals surface area contributed by atoms with Crippen molar-refractivity contribution in [1.29, 1.82) is 0 Å². The van der Waals surface area contributed by atoms with E-state index in [1.165, 1.54) is 29.1 Å². The number of fused-ring (bicyclic) bond motifs is 2. The number of rotatable bonds is 8. The van der Waals surface area contributed by atoms with E-state index in [9.17, 15) is 8.42 Å². The molecule has 8 nitrogen and oxygen atoms in total. The highest BCUT2D eigenvalue weighted by molar-refractivity contribution is 7.90. The number of nitrogens with zero attached hydrogens (tertiary/aromatic N) is 3.